The largest absolute Gasteiger partial charge is 0.341 e. The van der Waals surface area contributed by atoms with Crippen molar-refractivity contribution in [2.24, 2.45) is 5.41 Å². The number of hydrogen-bond donors (Lipinski definition) is 0. The van der Waals surface area contributed by atoms with Crippen molar-refractivity contribution in [2.75, 3.05) is 46.3 Å². The van der Waals surface area contributed by atoms with Crippen molar-refractivity contribution in [1.29, 1.82) is 0 Å². The van der Waals surface area contributed by atoms with Crippen LogP contribution in [0.4, 0.5) is 0 Å². The highest BCUT2D eigenvalue weighted by molar-refractivity contribution is 5.86. The van der Waals surface area contributed by atoms with Gasteiger partial charge < -0.3 is 14.7 Å². The van der Waals surface area contributed by atoms with E-state index in [1.54, 1.807) is 0 Å². The average molecular weight is 384 g/mol. The zero-order valence-electron chi connectivity index (χ0n) is 17.1. The third kappa shape index (κ3) is 4.24. The Morgan fingerprint density at radius 1 is 1.07 bits per heavy atom. The number of benzene rings is 1. The molecule has 0 radical (unpaired) electrons. The van der Waals surface area contributed by atoms with E-state index in [1.165, 1.54) is 5.56 Å². The molecule has 2 amide bonds. The molecule has 1 spiro atoms. The van der Waals surface area contributed by atoms with Crippen molar-refractivity contribution in [3.8, 4) is 0 Å². The van der Waals surface area contributed by atoms with Crippen molar-refractivity contribution in [2.45, 2.75) is 44.4 Å². The van der Waals surface area contributed by atoms with Crippen LogP contribution in [-0.4, -0.2) is 72.8 Å². The number of rotatable bonds is 3. The zero-order chi connectivity index (χ0) is 19.6. The number of carbonyl (C=O) groups excluding carboxylic acids is 2. The van der Waals surface area contributed by atoms with Gasteiger partial charge in [0.1, 0.15) is 0 Å². The highest BCUT2D eigenvalue weighted by atomic mass is 16.2. The van der Waals surface area contributed by atoms with Crippen LogP contribution in [0.1, 0.15) is 50.0 Å². The van der Waals surface area contributed by atoms with Gasteiger partial charge in [0.05, 0.1) is 6.54 Å². The molecule has 152 valence electrons. The zero-order valence-corrected chi connectivity index (χ0v) is 17.1. The second kappa shape index (κ2) is 8.24. The topological polar surface area (TPSA) is 43.9 Å². The molecule has 5 heteroatoms. The molecule has 0 saturated carbocycles. The Morgan fingerprint density at radius 3 is 2.57 bits per heavy atom. The van der Waals surface area contributed by atoms with Gasteiger partial charge in [-0.2, -0.15) is 0 Å². The average Bonchev–Trinajstić information content (AvgIpc) is 2.88. The Kier molecular flexibility index (Phi) is 5.72. The lowest BCUT2D eigenvalue weighted by atomic mass is 9.78. The van der Waals surface area contributed by atoms with Crippen LogP contribution >= 0.6 is 0 Å². The molecule has 1 aromatic carbocycles. The van der Waals surface area contributed by atoms with Gasteiger partial charge in [0.25, 0.3) is 0 Å². The summed E-state index contributed by atoms with van der Waals surface area (Å²) in [7, 11) is 2.15. The van der Waals surface area contributed by atoms with Gasteiger partial charge in [-0.1, -0.05) is 30.3 Å². The second-order valence-corrected chi connectivity index (χ2v) is 9.15. The van der Waals surface area contributed by atoms with E-state index in [9.17, 15) is 9.59 Å². The summed E-state index contributed by atoms with van der Waals surface area (Å²) in [6.07, 6.45) is 5.96. The quantitative estimate of drug-likeness (QED) is 0.806. The minimum absolute atomic E-state index is 0.112. The first kappa shape index (κ1) is 19.4. The summed E-state index contributed by atoms with van der Waals surface area (Å²) in [5.41, 5.74) is 1.50. The molecule has 1 atom stereocenters. The lowest BCUT2D eigenvalue weighted by molar-refractivity contribution is -0.138. The predicted octanol–water partition coefficient (Wildman–Crippen LogP) is 2.73. The number of likely N-dealkylation sites (tertiary alicyclic amines) is 3. The van der Waals surface area contributed by atoms with Crippen molar-refractivity contribution in [1.82, 2.24) is 14.7 Å². The Balaban J connectivity index is 1.32. The van der Waals surface area contributed by atoms with E-state index >= 15 is 0 Å². The van der Waals surface area contributed by atoms with Gasteiger partial charge in [-0.05, 0) is 69.1 Å². The summed E-state index contributed by atoms with van der Waals surface area (Å²) < 4.78 is 0. The molecule has 0 N–H and O–H groups in total. The maximum Gasteiger partial charge on any atom is 0.242 e. The van der Waals surface area contributed by atoms with E-state index in [0.29, 0.717) is 12.3 Å². The summed E-state index contributed by atoms with van der Waals surface area (Å²) in [5.74, 6) is 0.844. The Morgan fingerprint density at radius 2 is 1.82 bits per heavy atom. The molecule has 1 aromatic rings. The fourth-order valence-electron chi connectivity index (χ4n) is 5.22. The molecule has 3 fully saturated rings. The number of hydrogen-bond acceptors (Lipinski definition) is 3. The van der Waals surface area contributed by atoms with E-state index in [2.05, 4.69) is 42.3 Å². The first-order valence-electron chi connectivity index (χ1n) is 10.8. The van der Waals surface area contributed by atoms with Gasteiger partial charge in [0.15, 0.2) is 0 Å². The Hall–Kier alpha value is -1.88. The Bertz CT molecular complexity index is 697. The molecule has 0 aromatic heterocycles. The molecule has 0 unspecified atom stereocenters. The molecular formula is C23H33N3O2. The molecule has 0 bridgehead atoms. The van der Waals surface area contributed by atoms with Gasteiger partial charge >= 0.3 is 0 Å². The molecule has 3 saturated heterocycles. The molecule has 3 aliphatic heterocycles. The Labute approximate surface area is 168 Å². The monoisotopic (exact) mass is 383 g/mol. The molecule has 4 rings (SSSR count). The fourth-order valence-corrected chi connectivity index (χ4v) is 5.22. The summed E-state index contributed by atoms with van der Waals surface area (Å²) in [5, 5.41) is 0. The second-order valence-electron chi connectivity index (χ2n) is 9.15. The van der Waals surface area contributed by atoms with Gasteiger partial charge in [0.2, 0.25) is 11.8 Å². The SMILES string of the molecule is CN1CCC2(CC1)CC(=O)N(CC(=O)N1CCC[C@H](c3ccccc3)CC1)C2. The number of nitrogens with zero attached hydrogens (tertiary/aromatic N) is 3. The lowest BCUT2D eigenvalue weighted by Crippen LogP contribution is -2.43. The van der Waals surface area contributed by atoms with Gasteiger partial charge in [0, 0.05) is 26.1 Å². The molecular weight excluding hydrogens is 350 g/mol. The van der Waals surface area contributed by atoms with Gasteiger partial charge in [-0.3, -0.25) is 9.59 Å². The van der Waals surface area contributed by atoms with Crippen molar-refractivity contribution < 1.29 is 9.59 Å². The summed E-state index contributed by atoms with van der Waals surface area (Å²) in [6.45, 7) is 4.78. The van der Waals surface area contributed by atoms with Crippen LogP contribution in [-0.2, 0) is 9.59 Å². The van der Waals surface area contributed by atoms with E-state index in [-0.39, 0.29) is 23.8 Å². The van der Waals surface area contributed by atoms with Crippen molar-refractivity contribution in [3.05, 3.63) is 35.9 Å². The first-order valence-corrected chi connectivity index (χ1v) is 10.8. The summed E-state index contributed by atoms with van der Waals surface area (Å²) >= 11 is 0. The van der Waals surface area contributed by atoms with E-state index in [0.717, 1.165) is 64.8 Å². The maximum atomic E-state index is 12.9. The molecule has 0 aliphatic carbocycles. The normalized spacial score (nSPS) is 25.9. The van der Waals surface area contributed by atoms with Crippen LogP contribution in [0.5, 0.6) is 0 Å². The van der Waals surface area contributed by atoms with Crippen molar-refractivity contribution in [3.63, 3.8) is 0 Å². The van der Waals surface area contributed by atoms with E-state index < -0.39 is 0 Å². The lowest BCUT2D eigenvalue weighted by Gasteiger charge is -2.37. The van der Waals surface area contributed by atoms with Crippen LogP contribution in [0, 0.1) is 5.41 Å². The fraction of sp³-hybridized carbons (Fsp3) is 0.652. The van der Waals surface area contributed by atoms with Crippen LogP contribution in [0.25, 0.3) is 0 Å². The van der Waals surface area contributed by atoms with Crippen LogP contribution in [0.15, 0.2) is 30.3 Å². The van der Waals surface area contributed by atoms with Crippen LogP contribution in [0.3, 0.4) is 0 Å². The summed E-state index contributed by atoms with van der Waals surface area (Å²) in [4.78, 5) is 31.7. The smallest absolute Gasteiger partial charge is 0.242 e. The third-order valence-corrected chi connectivity index (χ3v) is 7.13. The molecule has 3 aliphatic rings. The third-order valence-electron chi connectivity index (χ3n) is 7.13. The minimum atomic E-state index is 0.112. The highest BCUT2D eigenvalue weighted by Crippen LogP contribution is 2.40. The van der Waals surface area contributed by atoms with Crippen LogP contribution in [0.2, 0.25) is 0 Å². The minimum Gasteiger partial charge on any atom is -0.341 e. The van der Waals surface area contributed by atoms with Crippen molar-refractivity contribution >= 4 is 11.8 Å². The number of amides is 2. The van der Waals surface area contributed by atoms with Crippen LogP contribution < -0.4 is 0 Å². The molecule has 5 nitrogen and oxygen atoms in total. The van der Waals surface area contributed by atoms with E-state index in [4.69, 9.17) is 0 Å². The molecule has 3 heterocycles. The highest BCUT2D eigenvalue weighted by Gasteiger charge is 2.45. The summed E-state index contributed by atoms with van der Waals surface area (Å²) in [6, 6.07) is 10.7. The van der Waals surface area contributed by atoms with Gasteiger partial charge in [-0.15, -0.1) is 0 Å². The molecule has 28 heavy (non-hydrogen) atoms. The van der Waals surface area contributed by atoms with Gasteiger partial charge in [-0.25, -0.2) is 0 Å². The standard InChI is InChI=1S/C23H33N3O2/c1-24-14-10-23(11-15-24)16-21(27)26(18-23)17-22(28)25-12-5-8-20(9-13-25)19-6-3-2-4-7-19/h2-4,6-7,20H,5,8-18H2,1H3/t20-/m0/s1. The number of carbonyl (C=O) groups is 2. The number of piperidine rings is 1. The first-order chi connectivity index (χ1) is 13.5. The maximum absolute atomic E-state index is 12.9. The van der Waals surface area contributed by atoms with E-state index in [1.807, 2.05) is 9.80 Å². The predicted molar refractivity (Wildman–Crippen MR) is 110 cm³/mol.